The molecule has 0 N–H and O–H groups in total. The minimum absolute atomic E-state index is 1.09. The van der Waals surface area contributed by atoms with E-state index in [1.54, 1.807) is 0 Å². The number of anilines is 6. The summed E-state index contributed by atoms with van der Waals surface area (Å²) in [5.41, 5.74) is 12.5. The number of para-hydroxylation sites is 3. The van der Waals surface area contributed by atoms with Gasteiger partial charge in [0.1, 0.15) is 0 Å². The highest BCUT2D eigenvalue weighted by Gasteiger charge is 2.21. The van der Waals surface area contributed by atoms with Crippen molar-refractivity contribution < 1.29 is 0 Å². The topological polar surface area (TPSA) is 11.4 Å². The zero-order valence-electron chi connectivity index (χ0n) is 31.6. The van der Waals surface area contributed by atoms with Gasteiger partial charge in [0.15, 0.2) is 0 Å². The van der Waals surface area contributed by atoms with Gasteiger partial charge in [-0.3, -0.25) is 0 Å². The molecule has 0 aliphatic heterocycles. The minimum Gasteiger partial charge on any atom is -0.310 e. The molecule has 2 heterocycles. The van der Waals surface area contributed by atoms with E-state index in [2.05, 4.69) is 239 Å². The standard InChI is InChI=1S/C54H37N3S/c1-5-16-38(17-6-1)39-28-30-43(31-29-39)56(42-22-11-4-12-23-42)44-24-15-25-45(36-44)57-50-34-32-46(55(40-18-7-2-8-19-40)41-20-9-3-10-21-41)37-49(50)53-51(57)35-33-48-47-26-13-14-27-52(47)58-54(48)53/h1-37H. The Morgan fingerprint density at radius 3 is 1.48 bits per heavy atom. The first-order valence-electron chi connectivity index (χ1n) is 19.7. The Labute approximate surface area is 341 Å². The molecular formula is C54H37N3S. The van der Waals surface area contributed by atoms with Crippen molar-refractivity contribution in [3.63, 3.8) is 0 Å². The van der Waals surface area contributed by atoms with Crippen LogP contribution in [0.3, 0.4) is 0 Å². The van der Waals surface area contributed by atoms with Crippen LogP contribution in [0.25, 0.3) is 58.8 Å². The van der Waals surface area contributed by atoms with Crippen LogP contribution in [0.1, 0.15) is 0 Å². The zero-order chi connectivity index (χ0) is 38.4. The van der Waals surface area contributed by atoms with Gasteiger partial charge in [-0.15, -0.1) is 11.3 Å². The molecule has 0 amide bonds. The van der Waals surface area contributed by atoms with Crippen LogP contribution >= 0.6 is 11.3 Å². The maximum Gasteiger partial charge on any atom is 0.0555 e. The van der Waals surface area contributed by atoms with Gasteiger partial charge in [0.25, 0.3) is 0 Å². The molecular weight excluding hydrogens is 723 g/mol. The van der Waals surface area contributed by atoms with E-state index in [1.807, 2.05) is 11.3 Å². The van der Waals surface area contributed by atoms with Crippen LogP contribution in [0.4, 0.5) is 34.1 Å². The van der Waals surface area contributed by atoms with E-state index in [1.165, 1.54) is 53.1 Å². The number of nitrogens with zero attached hydrogens (tertiary/aromatic N) is 3. The molecule has 0 bridgehead atoms. The summed E-state index contributed by atoms with van der Waals surface area (Å²) < 4.78 is 5.07. The first-order chi connectivity index (χ1) is 28.8. The molecule has 58 heavy (non-hydrogen) atoms. The lowest BCUT2D eigenvalue weighted by Gasteiger charge is -2.26. The lowest BCUT2D eigenvalue weighted by atomic mass is 10.0. The molecule has 0 saturated heterocycles. The predicted octanol–water partition coefficient (Wildman–Crippen LogP) is 15.8. The molecule has 0 fully saturated rings. The van der Waals surface area contributed by atoms with Crippen molar-refractivity contribution in [2.24, 2.45) is 0 Å². The summed E-state index contributed by atoms with van der Waals surface area (Å²) >= 11 is 1.89. The third-order valence-corrected chi connectivity index (χ3v) is 12.3. The molecule has 3 nitrogen and oxygen atoms in total. The molecule has 11 rings (SSSR count). The Morgan fingerprint density at radius 2 is 0.828 bits per heavy atom. The van der Waals surface area contributed by atoms with Gasteiger partial charge in [0.05, 0.1) is 11.0 Å². The Morgan fingerprint density at radius 1 is 0.328 bits per heavy atom. The van der Waals surface area contributed by atoms with Gasteiger partial charge in [-0.05, 0) is 108 Å². The van der Waals surface area contributed by atoms with E-state index in [0.29, 0.717) is 0 Å². The first-order valence-corrected chi connectivity index (χ1v) is 20.5. The lowest BCUT2D eigenvalue weighted by molar-refractivity contribution is 1.17. The quantitative estimate of drug-likeness (QED) is 0.153. The number of rotatable bonds is 8. The van der Waals surface area contributed by atoms with Crippen molar-refractivity contribution in [2.75, 3.05) is 9.80 Å². The second kappa shape index (κ2) is 14.3. The van der Waals surface area contributed by atoms with Crippen LogP contribution < -0.4 is 9.80 Å². The summed E-state index contributed by atoms with van der Waals surface area (Å²) in [6, 6.07) is 80.9. The molecule has 0 unspecified atom stereocenters. The van der Waals surface area contributed by atoms with E-state index in [-0.39, 0.29) is 0 Å². The number of hydrogen-bond donors (Lipinski definition) is 0. The molecule has 0 spiro atoms. The molecule has 9 aromatic carbocycles. The minimum atomic E-state index is 1.09. The molecule has 2 aromatic heterocycles. The number of aromatic nitrogens is 1. The van der Waals surface area contributed by atoms with E-state index < -0.39 is 0 Å². The summed E-state index contributed by atoms with van der Waals surface area (Å²) in [4.78, 5) is 4.71. The Hall–Kier alpha value is -7.40. The molecule has 0 aliphatic rings. The van der Waals surface area contributed by atoms with Crippen LogP contribution in [0.5, 0.6) is 0 Å². The fourth-order valence-corrected chi connectivity index (χ4v) is 9.78. The smallest absolute Gasteiger partial charge is 0.0555 e. The Bertz CT molecular complexity index is 3170. The molecule has 4 heteroatoms. The summed E-state index contributed by atoms with van der Waals surface area (Å²) in [5.74, 6) is 0. The highest BCUT2D eigenvalue weighted by atomic mass is 32.1. The first kappa shape index (κ1) is 33.9. The normalized spacial score (nSPS) is 11.4. The second-order valence-corrected chi connectivity index (χ2v) is 15.6. The number of benzene rings is 9. The largest absolute Gasteiger partial charge is 0.310 e. The predicted molar refractivity (Wildman–Crippen MR) is 248 cm³/mol. The monoisotopic (exact) mass is 759 g/mol. The van der Waals surface area contributed by atoms with E-state index in [0.717, 1.165) is 39.8 Å². The molecule has 11 aromatic rings. The summed E-state index contributed by atoms with van der Waals surface area (Å²) in [5, 5.41) is 5.10. The van der Waals surface area contributed by atoms with Crippen LogP contribution in [-0.4, -0.2) is 4.57 Å². The third kappa shape index (κ3) is 5.82. The van der Waals surface area contributed by atoms with Gasteiger partial charge in [-0.1, -0.05) is 127 Å². The van der Waals surface area contributed by atoms with Crippen molar-refractivity contribution in [1.82, 2.24) is 4.57 Å². The molecule has 274 valence electrons. The van der Waals surface area contributed by atoms with Crippen LogP contribution in [-0.2, 0) is 0 Å². The van der Waals surface area contributed by atoms with Crippen LogP contribution in [0.2, 0.25) is 0 Å². The highest BCUT2D eigenvalue weighted by Crippen LogP contribution is 2.46. The SMILES string of the molecule is c1ccc(-c2ccc(N(c3ccccc3)c3cccc(-n4c5ccc(N(c6ccccc6)c6ccccc6)cc5c5c6sc7ccccc7c6ccc54)c3)cc2)cc1. The molecule has 0 radical (unpaired) electrons. The molecule has 0 aliphatic carbocycles. The lowest BCUT2D eigenvalue weighted by Crippen LogP contribution is -2.10. The van der Waals surface area contributed by atoms with Crippen molar-refractivity contribution >= 4 is 87.4 Å². The van der Waals surface area contributed by atoms with Crippen molar-refractivity contribution in [3.8, 4) is 16.8 Å². The van der Waals surface area contributed by atoms with Crippen molar-refractivity contribution in [2.45, 2.75) is 0 Å². The van der Waals surface area contributed by atoms with Gasteiger partial charge in [-0.2, -0.15) is 0 Å². The number of thiophene rings is 1. The van der Waals surface area contributed by atoms with Gasteiger partial charge < -0.3 is 14.4 Å². The number of hydrogen-bond acceptors (Lipinski definition) is 3. The average molecular weight is 760 g/mol. The fourth-order valence-electron chi connectivity index (χ4n) is 8.52. The fraction of sp³-hybridized carbons (Fsp3) is 0. The Kier molecular flexibility index (Phi) is 8.34. The number of fused-ring (bicyclic) bond motifs is 7. The molecule has 0 saturated carbocycles. The van der Waals surface area contributed by atoms with E-state index in [4.69, 9.17) is 0 Å². The van der Waals surface area contributed by atoms with E-state index in [9.17, 15) is 0 Å². The second-order valence-electron chi connectivity index (χ2n) is 14.6. The highest BCUT2D eigenvalue weighted by molar-refractivity contribution is 7.26. The van der Waals surface area contributed by atoms with Gasteiger partial charge >= 0.3 is 0 Å². The zero-order valence-corrected chi connectivity index (χ0v) is 32.4. The van der Waals surface area contributed by atoms with Crippen molar-refractivity contribution in [1.29, 1.82) is 0 Å². The molecule has 0 atom stereocenters. The maximum atomic E-state index is 2.46. The third-order valence-electron chi connectivity index (χ3n) is 11.1. The Balaban J connectivity index is 1.13. The summed E-state index contributed by atoms with van der Waals surface area (Å²) in [7, 11) is 0. The summed E-state index contributed by atoms with van der Waals surface area (Å²) in [6.07, 6.45) is 0. The average Bonchev–Trinajstić information content (AvgIpc) is 3.84. The van der Waals surface area contributed by atoms with Gasteiger partial charge in [0.2, 0.25) is 0 Å². The maximum absolute atomic E-state index is 2.46. The van der Waals surface area contributed by atoms with E-state index >= 15 is 0 Å². The van der Waals surface area contributed by atoms with Gasteiger partial charge in [-0.25, -0.2) is 0 Å². The van der Waals surface area contributed by atoms with Crippen molar-refractivity contribution in [3.05, 3.63) is 224 Å². The summed E-state index contributed by atoms with van der Waals surface area (Å²) in [6.45, 7) is 0. The van der Waals surface area contributed by atoms with Gasteiger partial charge in [0, 0.05) is 70.8 Å². The van der Waals surface area contributed by atoms with Crippen LogP contribution in [0.15, 0.2) is 224 Å². The van der Waals surface area contributed by atoms with Crippen LogP contribution in [0, 0.1) is 0 Å².